The molecule has 0 aliphatic rings. The number of rotatable bonds is 14. The zero-order valence-electron chi connectivity index (χ0n) is 14.0. The molecular formula is C16H34O4S. The zero-order valence-corrected chi connectivity index (χ0v) is 14.8. The van der Waals surface area contributed by atoms with Gasteiger partial charge in [-0.3, -0.25) is 4.55 Å². The molecule has 21 heavy (non-hydrogen) atoms. The minimum Gasteiger partial charge on any atom is -0.264 e. The van der Waals surface area contributed by atoms with E-state index in [2.05, 4.69) is 13.8 Å². The van der Waals surface area contributed by atoms with Gasteiger partial charge in [-0.25, -0.2) is 4.18 Å². The van der Waals surface area contributed by atoms with Gasteiger partial charge in [-0.2, -0.15) is 8.42 Å². The van der Waals surface area contributed by atoms with E-state index in [0.29, 0.717) is 6.42 Å². The lowest BCUT2D eigenvalue weighted by molar-refractivity contribution is 0.113. The molecule has 0 amide bonds. The van der Waals surface area contributed by atoms with Crippen LogP contribution in [0.15, 0.2) is 0 Å². The second-order valence-corrected chi connectivity index (χ2v) is 7.14. The first kappa shape index (κ1) is 20.9. The molecule has 0 aromatic carbocycles. The van der Waals surface area contributed by atoms with E-state index < -0.39 is 10.4 Å². The van der Waals surface area contributed by atoms with Crippen molar-refractivity contribution in [3.05, 3.63) is 0 Å². The van der Waals surface area contributed by atoms with Crippen LogP contribution in [0.5, 0.6) is 0 Å². The molecular weight excluding hydrogens is 288 g/mol. The van der Waals surface area contributed by atoms with Crippen molar-refractivity contribution >= 4 is 10.4 Å². The summed E-state index contributed by atoms with van der Waals surface area (Å²) in [6, 6.07) is 0. The molecule has 0 fully saturated rings. The molecule has 0 spiro atoms. The second-order valence-electron chi connectivity index (χ2n) is 6.09. The summed E-state index contributed by atoms with van der Waals surface area (Å²) in [5.41, 5.74) is 0. The first-order valence-corrected chi connectivity index (χ1v) is 9.92. The summed E-state index contributed by atoms with van der Waals surface area (Å²) in [5.74, 6) is 0.159. The normalized spacial score (nSPS) is 15.0. The van der Waals surface area contributed by atoms with Gasteiger partial charge in [0.25, 0.3) is 0 Å². The van der Waals surface area contributed by atoms with Crippen LogP contribution in [0.2, 0.25) is 0 Å². The lowest BCUT2D eigenvalue weighted by atomic mass is 9.94. The van der Waals surface area contributed by atoms with E-state index in [1.54, 1.807) is 0 Å². The summed E-state index contributed by atoms with van der Waals surface area (Å²) in [4.78, 5) is 0. The molecule has 0 saturated carbocycles. The summed E-state index contributed by atoms with van der Waals surface area (Å²) in [7, 11) is -4.35. The highest BCUT2D eigenvalue weighted by molar-refractivity contribution is 7.80. The van der Waals surface area contributed by atoms with E-state index in [1.165, 1.54) is 32.1 Å². The van der Waals surface area contributed by atoms with E-state index in [4.69, 9.17) is 8.74 Å². The highest BCUT2D eigenvalue weighted by Gasteiger charge is 2.22. The number of unbranched alkanes of at least 4 members (excludes halogenated alkanes) is 7. The monoisotopic (exact) mass is 322 g/mol. The smallest absolute Gasteiger partial charge is 0.264 e. The van der Waals surface area contributed by atoms with Crippen molar-refractivity contribution in [1.29, 1.82) is 0 Å². The summed E-state index contributed by atoms with van der Waals surface area (Å²) in [5, 5.41) is 0. The first-order valence-electron chi connectivity index (χ1n) is 8.56. The fourth-order valence-electron chi connectivity index (χ4n) is 2.60. The van der Waals surface area contributed by atoms with Crippen molar-refractivity contribution in [1.82, 2.24) is 0 Å². The molecule has 0 aliphatic carbocycles. The fourth-order valence-corrected chi connectivity index (χ4v) is 3.20. The van der Waals surface area contributed by atoms with Gasteiger partial charge in [-0.15, -0.1) is 0 Å². The SMILES string of the molecule is CCCCCCCCCC(OS(=O)(=O)O)C(C)CCCC. The van der Waals surface area contributed by atoms with Gasteiger partial charge in [-0.1, -0.05) is 78.6 Å². The Kier molecular flexibility index (Phi) is 12.3. The Balaban J connectivity index is 4.04. The molecule has 4 nitrogen and oxygen atoms in total. The van der Waals surface area contributed by atoms with Crippen LogP contribution in [0.3, 0.4) is 0 Å². The van der Waals surface area contributed by atoms with Crippen LogP contribution in [0.1, 0.15) is 91.4 Å². The lowest BCUT2D eigenvalue weighted by Gasteiger charge is -2.22. The van der Waals surface area contributed by atoms with Crippen LogP contribution < -0.4 is 0 Å². The van der Waals surface area contributed by atoms with Gasteiger partial charge in [0.15, 0.2) is 0 Å². The van der Waals surface area contributed by atoms with Crippen LogP contribution >= 0.6 is 0 Å². The van der Waals surface area contributed by atoms with Crippen LogP contribution in [-0.4, -0.2) is 19.1 Å². The maximum absolute atomic E-state index is 11.0. The maximum atomic E-state index is 11.0. The molecule has 0 radical (unpaired) electrons. The minimum absolute atomic E-state index is 0.159. The Labute approximate surface area is 131 Å². The largest absolute Gasteiger partial charge is 0.397 e. The molecule has 2 atom stereocenters. The molecule has 128 valence electrons. The summed E-state index contributed by atoms with van der Waals surface area (Å²) >= 11 is 0. The third-order valence-corrected chi connectivity index (χ3v) is 4.48. The van der Waals surface area contributed by atoms with Crippen molar-refractivity contribution in [2.75, 3.05) is 0 Å². The van der Waals surface area contributed by atoms with Crippen LogP contribution in [0.25, 0.3) is 0 Å². The maximum Gasteiger partial charge on any atom is 0.397 e. The molecule has 0 bridgehead atoms. The third-order valence-electron chi connectivity index (χ3n) is 3.99. The van der Waals surface area contributed by atoms with Gasteiger partial charge in [-0.05, 0) is 18.8 Å². The van der Waals surface area contributed by atoms with E-state index >= 15 is 0 Å². The quantitative estimate of drug-likeness (QED) is 0.355. The second kappa shape index (κ2) is 12.4. The third kappa shape index (κ3) is 13.3. The van der Waals surface area contributed by atoms with Gasteiger partial charge >= 0.3 is 10.4 Å². The Hall–Kier alpha value is -0.130. The van der Waals surface area contributed by atoms with Gasteiger partial charge in [0.2, 0.25) is 0 Å². The van der Waals surface area contributed by atoms with E-state index in [-0.39, 0.29) is 12.0 Å². The molecule has 0 aliphatic heterocycles. The zero-order chi connectivity index (χ0) is 16.1. The van der Waals surface area contributed by atoms with Gasteiger partial charge < -0.3 is 0 Å². The fraction of sp³-hybridized carbons (Fsp3) is 1.00. The highest BCUT2D eigenvalue weighted by Crippen LogP contribution is 2.22. The lowest BCUT2D eigenvalue weighted by Crippen LogP contribution is -2.25. The van der Waals surface area contributed by atoms with Gasteiger partial charge in [0.05, 0.1) is 6.10 Å². The molecule has 0 rings (SSSR count). The van der Waals surface area contributed by atoms with Crippen LogP contribution in [0.4, 0.5) is 0 Å². The molecule has 0 heterocycles. The summed E-state index contributed by atoms with van der Waals surface area (Å²) in [6.07, 6.45) is 11.7. The summed E-state index contributed by atoms with van der Waals surface area (Å²) < 4.78 is 35.7. The van der Waals surface area contributed by atoms with Crippen molar-refractivity contribution in [3.63, 3.8) is 0 Å². The van der Waals surface area contributed by atoms with E-state index in [9.17, 15) is 8.42 Å². The standard InChI is InChI=1S/C16H34O4S/c1-4-6-8-9-10-11-12-14-16(20-21(17,18)19)15(3)13-7-5-2/h15-16H,4-14H2,1-3H3,(H,17,18,19). The molecule has 0 aromatic rings. The Morgan fingerprint density at radius 3 is 1.90 bits per heavy atom. The highest BCUT2D eigenvalue weighted by atomic mass is 32.3. The Morgan fingerprint density at radius 2 is 1.38 bits per heavy atom. The molecule has 5 heteroatoms. The summed E-state index contributed by atoms with van der Waals surface area (Å²) in [6.45, 7) is 6.32. The minimum atomic E-state index is -4.35. The van der Waals surface area contributed by atoms with Crippen molar-refractivity contribution in [2.45, 2.75) is 97.5 Å². The van der Waals surface area contributed by atoms with Gasteiger partial charge in [0.1, 0.15) is 0 Å². The Bertz CT molecular complexity index is 327. The van der Waals surface area contributed by atoms with Crippen molar-refractivity contribution in [3.8, 4) is 0 Å². The molecule has 0 saturated heterocycles. The molecule has 2 unspecified atom stereocenters. The topological polar surface area (TPSA) is 63.6 Å². The van der Waals surface area contributed by atoms with Gasteiger partial charge in [0, 0.05) is 0 Å². The Morgan fingerprint density at radius 1 is 0.857 bits per heavy atom. The van der Waals surface area contributed by atoms with Crippen molar-refractivity contribution in [2.24, 2.45) is 5.92 Å². The van der Waals surface area contributed by atoms with Crippen molar-refractivity contribution < 1.29 is 17.2 Å². The van der Waals surface area contributed by atoms with E-state index in [1.807, 2.05) is 6.92 Å². The number of hydrogen-bond donors (Lipinski definition) is 1. The average Bonchev–Trinajstić information content (AvgIpc) is 2.41. The van der Waals surface area contributed by atoms with Crippen LogP contribution in [-0.2, 0) is 14.6 Å². The predicted molar refractivity (Wildman–Crippen MR) is 87.7 cm³/mol. The average molecular weight is 323 g/mol. The first-order chi connectivity index (χ1) is 9.90. The predicted octanol–water partition coefficient (Wildman–Crippen LogP) is 5.14. The molecule has 0 aromatic heterocycles. The number of hydrogen-bond acceptors (Lipinski definition) is 3. The molecule has 1 N–H and O–H groups in total. The van der Waals surface area contributed by atoms with Crippen LogP contribution in [0, 0.1) is 5.92 Å². The van der Waals surface area contributed by atoms with E-state index in [0.717, 1.165) is 32.1 Å².